The molecule has 4 heteroatoms. The monoisotopic (exact) mass is 211 g/mol. The zero-order valence-electron chi connectivity index (χ0n) is 8.00. The third-order valence-electron chi connectivity index (χ3n) is 2.01. The van der Waals surface area contributed by atoms with Gasteiger partial charge in [0.05, 0.1) is 13.7 Å². The third-order valence-corrected chi connectivity index (χ3v) is 2.42. The van der Waals surface area contributed by atoms with E-state index in [1.54, 1.807) is 19.2 Å². The average Bonchev–Trinajstić information content (AvgIpc) is 2.20. The van der Waals surface area contributed by atoms with Crippen molar-refractivity contribution in [2.45, 2.75) is 13.5 Å². The topological polar surface area (TPSA) is 38.7 Å². The minimum Gasteiger partial charge on any atom is -0.496 e. The number of hydrogen-bond donors (Lipinski definition) is 0. The van der Waals surface area contributed by atoms with Crippen molar-refractivity contribution >= 4 is 17.7 Å². The fraction of sp³-hybridized carbons (Fsp3) is 0.300. The van der Waals surface area contributed by atoms with Gasteiger partial charge in [0.25, 0.3) is 0 Å². The lowest BCUT2D eigenvalue weighted by Crippen LogP contribution is -1.94. The van der Waals surface area contributed by atoms with Gasteiger partial charge in [-0.05, 0) is 24.6 Å². The lowest BCUT2D eigenvalue weighted by molar-refractivity contribution is 0.409. The first-order valence-electron chi connectivity index (χ1n) is 4.06. The second-order valence-corrected chi connectivity index (χ2v) is 3.17. The maximum atomic E-state index is 10.0. The van der Waals surface area contributed by atoms with Crippen molar-refractivity contribution in [3.8, 4) is 5.75 Å². The number of nitrogens with zero attached hydrogens (tertiary/aromatic N) is 1. The Balaban J connectivity index is 3.20. The highest BCUT2D eigenvalue weighted by atomic mass is 35.5. The van der Waals surface area contributed by atoms with Gasteiger partial charge in [0.1, 0.15) is 5.75 Å². The summed E-state index contributed by atoms with van der Waals surface area (Å²) in [6, 6.07) is 3.51. The molecular weight excluding hydrogens is 202 g/mol. The Morgan fingerprint density at radius 2 is 2.29 bits per heavy atom. The lowest BCUT2D eigenvalue weighted by Gasteiger charge is -2.09. The molecule has 0 aliphatic rings. The standard InChI is InChI=1S/C10H10ClNO2/c1-7-8(5-12-6-13)10(14-2)4-3-9(7)11/h3-4H,5H2,1-2H3. The molecule has 1 rings (SSSR count). The van der Waals surface area contributed by atoms with Crippen molar-refractivity contribution in [2.75, 3.05) is 7.11 Å². The van der Waals surface area contributed by atoms with Crippen molar-refractivity contribution in [3.63, 3.8) is 0 Å². The molecule has 0 saturated heterocycles. The molecule has 0 radical (unpaired) electrons. The van der Waals surface area contributed by atoms with Crippen molar-refractivity contribution in [1.29, 1.82) is 0 Å². The summed E-state index contributed by atoms with van der Waals surface area (Å²) in [4.78, 5) is 13.5. The van der Waals surface area contributed by atoms with Crippen molar-refractivity contribution < 1.29 is 9.53 Å². The fourth-order valence-electron chi connectivity index (χ4n) is 1.20. The summed E-state index contributed by atoms with van der Waals surface area (Å²) in [6.45, 7) is 2.11. The highest BCUT2D eigenvalue weighted by Crippen LogP contribution is 2.28. The van der Waals surface area contributed by atoms with Gasteiger partial charge in [-0.15, -0.1) is 0 Å². The van der Waals surface area contributed by atoms with Gasteiger partial charge in [-0.2, -0.15) is 0 Å². The van der Waals surface area contributed by atoms with E-state index in [2.05, 4.69) is 4.99 Å². The van der Waals surface area contributed by atoms with Crippen LogP contribution in [0.3, 0.4) is 0 Å². The molecule has 0 heterocycles. The van der Waals surface area contributed by atoms with Gasteiger partial charge in [-0.1, -0.05) is 11.6 Å². The second kappa shape index (κ2) is 4.80. The molecule has 0 unspecified atom stereocenters. The predicted molar refractivity (Wildman–Crippen MR) is 54.6 cm³/mol. The summed E-state index contributed by atoms with van der Waals surface area (Å²) in [5.74, 6) is 0.686. The molecule has 0 saturated carbocycles. The largest absolute Gasteiger partial charge is 0.496 e. The van der Waals surface area contributed by atoms with Crippen molar-refractivity contribution in [1.82, 2.24) is 0 Å². The van der Waals surface area contributed by atoms with E-state index in [0.717, 1.165) is 11.1 Å². The van der Waals surface area contributed by atoms with Gasteiger partial charge < -0.3 is 4.74 Å². The Kier molecular flexibility index (Phi) is 3.69. The molecule has 0 spiro atoms. The van der Waals surface area contributed by atoms with E-state index in [-0.39, 0.29) is 6.54 Å². The number of halogens is 1. The van der Waals surface area contributed by atoms with Gasteiger partial charge in [0, 0.05) is 10.6 Å². The summed E-state index contributed by atoms with van der Waals surface area (Å²) in [6.07, 6.45) is 1.49. The molecule has 0 bridgehead atoms. The summed E-state index contributed by atoms with van der Waals surface area (Å²) >= 11 is 5.93. The molecule has 0 amide bonds. The molecule has 0 aliphatic heterocycles. The second-order valence-electron chi connectivity index (χ2n) is 2.76. The van der Waals surface area contributed by atoms with Crippen LogP contribution in [0, 0.1) is 6.92 Å². The lowest BCUT2D eigenvalue weighted by atomic mass is 10.1. The van der Waals surface area contributed by atoms with Gasteiger partial charge in [0.2, 0.25) is 6.08 Å². The maximum absolute atomic E-state index is 10.0. The van der Waals surface area contributed by atoms with E-state index < -0.39 is 0 Å². The molecule has 0 aliphatic carbocycles. The summed E-state index contributed by atoms with van der Waals surface area (Å²) in [7, 11) is 1.57. The number of hydrogen-bond acceptors (Lipinski definition) is 3. The Morgan fingerprint density at radius 3 is 2.86 bits per heavy atom. The maximum Gasteiger partial charge on any atom is 0.235 e. The minimum atomic E-state index is 0.249. The van der Waals surface area contributed by atoms with E-state index >= 15 is 0 Å². The SMILES string of the molecule is COc1ccc(Cl)c(C)c1CN=C=O. The quantitative estimate of drug-likeness (QED) is 0.569. The van der Waals surface area contributed by atoms with Crippen LogP contribution in [-0.2, 0) is 11.3 Å². The van der Waals surface area contributed by atoms with Crippen LogP contribution in [0.1, 0.15) is 11.1 Å². The number of isocyanates is 1. The van der Waals surface area contributed by atoms with Crippen LogP contribution in [0.25, 0.3) is 0 Å². The number of carbonyl (C=O) groups excluding carboxylic acids is 1. The number of rotatable bonds is 3. The summed E-state index contributed by atoms with van der Waals surface area (Å²) in [5, 5.41) is 0.641. The molecule has 1 aromatic carbocycles. The van der Waals surface area contributed by atoms with E-state index in [0.29, 0.717) is 10.8 Å². The zero-order chi connectivity index (χ0) is 10.6. The molecular formula is C10H10ClNO2. The van der Waals surface area contributed by atoms with E-state index in [9.17, 15) is 4.79 Å². The van der Waals surface area contributed by atoms with Crippen LogP contribution in [0.4, 0.5) is 0 Å². The first-order chi connectivity index (χ1) is 6.70. The first-order valence-corrected chi connectivity index (χ1v) is 4.44. The normalized spacial score (nSPS) is 9.36. The van der Waals surface area contributed by atoms with Gasteiger partial charge in [-0.25, -0.2) is 9.79 Å². The molecule has 0 fully saturated rings. The van der Waals surface area contributed by atoms with Crippen LogP contribution < -0.4 is 4.74 Å². The van der Waals surface area contributed by atoms with Crippen LogP contribution >= 0.6 is 11.6 Å². The predicted octanol–water partition coefficient (Wildman–Crippen LogP) is 2.49. The van der Waals surface area contributed by atoms with E-state index in [1.165, 1.54) is 6.08 Å². The van der Waals surface area contributed by atoms with Crippen LogP contribution in [0.2, 0.25) is 5.02 Å². The number of benzene rings is 1. The molecule has 1 aromatic rings. The number of aliphatic imine (C=N–C) groups is 1. The Hall–Kier alpha value is -1.31. The highest BCUT2D eigenvalue weighted by Gasteiger charge is 2.08. The molecule has 0 N–H and O–H groups in total. The molecule has 74 valence electrons. The number of ether oxygens (including phenoxy) is 1. The summed E-state index contributed by atoms with van der Waals surface area (Å²) in [5.41, 5.74) is 1.70. The molecule has 3 nitrogen and oxygen atoms in total. The Labute approximate surface area is 87.4 Å². The number of methoxy groups -OCH3 is 1. The minimum absolute atomic E-state index is 0.249. The zero-order valence-corrected chi connectivity index (χ0v) is 8.76. The smallest absolute Gasteiger partial charge is 0.235 e. The molecule has 0 aromatic heterocycles. The fourth-order valence-corrected chi connectivity index (χ4v) is 1.38. The van der Waals surface area contributed by atoms with Crippen LogP contribution in [0.15, 0.2) is 17.1 Å². The van der Waals surface area contributed by atoms with E-state index in [1.807, 2.05) is 6.92 Å². The van der Waals surface area contributed by atoms with E-state index in [4.69, 9.17) is 16.3 Å². The van der Waals surface area contributed by atoms with Crippen LogP contribution in [0.5, 0.6) is 5.75 Å². The average molecular weight is 212 g/mol. The third kappa shape index (κ3) is 2.13. The Bertz CT molecular complexity index is 384. The molecule has 14 heavy (non-hydrogen) atoms. The summed E-state index contributed by atoms with van der Waals surface area (Å²) < 4.78 is 5.13. The van der Waals surface area contributed by atoms with Gasteiger partial charge in [-0.3, -0.25) is 0 Å². The van der Waals surface area contributed by atoms with Crippen molar-refractivity contribution in [2.24, 2.45) is 4.99 Å². The van der Waals surface area contributed by atoms with Gasteiger partial charge >= 0.3 is 0 Å². The molecule has 0 atom stereocenters. The first kappa shape index (κ1) is 10.8. The highest BCUT2D eigenvalue weighted by molar-refractivity contribution is 6.31. The Morgan fingerprint density at radius 1 is 1.57 bits per heavy atom. The van der Waals surface area contributed by atoms with Crippen molar-refractivity contribution in [3.05, 3.63) is 28.3 Å². The van der Waals surface area contributed by atoms with Crippen LogP contribution in [-0.4, -0.2) is 13.2 Å². The van der Waals surface area contributed by atoms with Gasteiger partial charge in [0.15, 0.2) is 0 Å².